The van der Waals surface area contributed by atoms with Crippen LogP contribution in [0.3, 0.4) is 0 Å². The van der Waals surface area contributed by atoms with E-state index >= 15 is 0 Å². The first-order chi connectivity index (χ1) is 8.74. The number of anilines is 1. The lowest BCUT2D eigenvalue weighted by molar-refractivity contribution is 0.446. The minimum absolute atomic E-state index is 0.385. The van der Waals surface area contributed by atoms with Crippen LogP contribution < -0.4 is 10.5 Å². The highest BCUT2D eigenvalue weighted by atomic mass is 16.5. The Balaban J connectivity index is 2.00. The van der Waals surface area contributed by atoms with E-state index in [2.05, 4.69) is 20.6 Å². The van der Waals surface area contributed by atoms with Gasteiger partial charge in [0.2, 0.25) is 5.88 Å². The number of hydrogen-bond donors (Lipinski definition) is 1. The molecule has 0 fully saturated rings. The fraction of sp³-hybridized carbons (Fsp3) is 0.0909. The number of nitrogens with zero attached hydrogens (tertiary/aromatic N) is 5. The van der Waals surface area contributed by atoms with Crippen molar-refractivity contribution in [2.45, 2.75) is 6.92 Å². The largest absolute Gasteiger partial charge is 0.435 e. The van der Waals surface area contributed by atoms with Gasteiger partial charge in [-0.1, -0.05) is 12.1 Å². The van der Waals surface area contributed by atoms with Gasteiger partial charge in [-0.25, -0.2) is 0 Å². The lowest BCUT2D eigenvalue weighted by Crippen LogP contribution is -1.99. The van der Waals surface area contributed by atoms with Crippen molar-refractivity contribution in [3.05, 3.63) is 35.9 Å². The molecule has 3 rings (SSSR count). The van der Waals surface area contributed by atoms with Crippen molar-refractivity contribution in [3.63, 3.8) is 0 Å². The molecule has 90 valence electrons. The third kappa shape index (κ3) is 1.71. The molecule has 0 radical (unpaired) electrons. The highest BCUT2D eigenvalue weighted by molar-refractivity contribution is 5.57. The maximum Gasteiger partial charge on any atom is 0.239 e. The SMILES string of the molecule is Cc1cccc(N)c1Oc1ccc2nnnn2n1. The van der Waals surface area contributed by atoms with E-state index < -0.39 is 0 Å². The molecule has 2 heterocycles. The van der Waals surface area contributed by atoms with Crippen LogP contribution in [0.5, 0.6) is 11.6 Å². The summed E-state index contributed by atoms with van der Waals surface area (Å²) in [6.07, 6.45) is 0. The second-order valence-electron chi connectivity index (χ2n) is 3.79. The van der Waals surface area contributed by atoms with Crippen LogP contribution in [0.2, 0.25) is 0 Å². The van der Waals surface area contributed by atoms with Gasteiger partial charge in [0.25, 0.3) is 0 Å². The Hall–Kier alpha value is -2.70. The number of tetrazole rings is 1. The molecule has 1 aromatic carbocycles. The van der Waals surface area contributed by atoms with Gasteiger partial charge in [-0.05, 0) is 35.0 Å². The zero-order valence-corrected chi connectivity index (χ0v) is 9.61. The molecule has 2 N–H and O–H groups in total. The molecular weight excluding hydrogens is 232 g/mol. The molecule has 0 aliphatic heterocycles. The molecule has 2 aromatic heterocycles. The van der Waals surface area contributed by atoms with Gasteiger partial charge in [-0.15, -0.1) is 14.8 Å². The third-order valence-electron chi connectivity index (χ3n) is 2.49. The Labute approximate surface area is 102 Å². The summed E-state index contributed by atoms with van der Waals surface area (Å²) in [4.78, 5) is 0. The number of aromatic nitrogens is 5. The Morgan fingerprint density at radius 1 is 1.22 bits per heavy atom. The van der Waals surface area contributed by atoms with E-state index in [1.165, 1.54) is 4.63 Å². The molecule has 0 bridgehead atoms. The van der Waals surface area contributed by atoms with Crippen molar-refractivity contribution in [1.82, 2.24) is 25.3 Å². The summed E-state index contributed by atoms with van der Waals surface area (Å²) in [7, 11) is 0. The first kappa shape index (κ1) is 10.5. The fourth-order valence-corrected chi connectivity index (χ4v) is 1.61. The van der Waals surface area contributed by atoms with Gasteiger partial charge in [0, 0.05) is 6.07 Å². The first-order valence-electron chi connectivity index (χ1n) is 5.32. The fourth-order valence-electron chi connectivity index (χ4n) is 1.61. The molecule has 0 amide bonds. The van der Waals surface area contributed by atoms with E-state index in [1.807, 2.05) is 19.1 Å². The summed E-state index contributed by atoms with van der Waals surface area (Å²) in [5, 5.41) is 15.1. The maximum absolute atomic E-state index is 5.86. The lowest BCUT2D eigenvalue weighted by atomic mass is 10.2. The van der Waals surface area contributed by atoms with Crippen molar-refractivity contribution < 1.29 is 4.74 Å². The second-order valence-corrected chi connectivity index (χ2v) is 3.79. The standard InChI is InChI=1S/C11H10N6O/c1-7-3-2-4-8(12)11(7)18-10-6-5-9-13-15-16-17(9)14-10/h2-6H,12H2,1H3. The predicted molar refractivity (Wildman–Crippen MR) is 64.2 cm³/mol. The highest BCUT2D eigenvalue weighted by Gasteiger charge is 2.08. The van der Waals surface area contributed by atoms with Crippen LogP contribution in [0.1, 0.15) is 5.56 Å². The van der Waals surface area contributed by atoms with E-state index in [9.17, 15) is 0 Å². The number of hydrogen-bond acceptors (Lipinski definition) is 6. The first-order valence-corrected chi connectivity index (χ1v) is 5.32. The smallest absolute Gasteiger partial charge is 0.239 e. The molecule has 0 saturated carbocycles. The average Bonchev–Trinajstić information content (AvgIpc) is 2.81. The van der Waals surface area contributed by atoms with Gasteiger partial charge >= 0.3 is 0 Å². The quantitative estimate of drug-likeness (QED) is 0.679. The molecule has 0 aliphatic rings. The monoisotopic (exact) mass is 242 g/mol. The molecule has 3 aromatic rings. The van der Waals surface area contributed by atoms with Crippen LogP contribution in [0.15, 0.2) is 30.3 Å². The molecule has 0 aliphatic carbocycles. The lowest BCUT2D eigenvalue weighted by Gasteiger charge is -2.09. The number of nitrogens with two attached hydrogens (primary N) is 1. The number of benzene rings is 1. The molecule has 0 atom stereocenters. The molecule has 7 nitrogen and oxygen atoms in total. The van der Waals surface area contributed by atoms with E-state index in [4.69, 9.17) is 10.5 Å². The number of nitrogen functional groups attached to an aromatic ring is 1. The Kier molecular flexibility index (Phi) is 2.30. The van der Waals surface area contributed by atoms with Crippen LogP contribution >= 0.6 is 0 Å². The highest BCUT2D eigenvalue weighted by Crippen LogP contribution is 2.29. The summed E-state index contributed by atoms with van der Waals surface area (Å²) in [5.74, 6) is 0.980. The molecule has 0 spiro atoms. The predicted octanol–water partition coefficient (Wildman–Crippen LogP) is 1.20. The molecule has 0 saturated heterocycles. The number of ether oxygens (including phenoxy) is 1. The normalized spacial score (nSPS) is 10.7. The van der Waals surface area contributed by atoms with Gasteiger partial charge < -0.3 is 10.5 Å². The van der Waals surface area contributed by atoms with Crippen LogP contribution in [-0.4, -0.2) is 25.3 Å². The van der Waals surface area contributed by atoms with Crippen molar-refractivity contribution in [2.75, 3.05) is 5.73 Å². The average molecular weight is 242 g/mol. The molecule has 7 heteroatoms. The van der Waals surface area contributed by atoms with E-state index in [1.54, 1.807) is 18.2 Å². The molecule has 18 heavy (non-hydrogen) atoms. The van der Waals surface area contributed by atoms with Gasteiger partial charge in [-0.2, -0.15) is 0 Å². The summed E-state index contributed by atoms with van der Waals surface area (Å²) in [5.41, 5.74) is 7.92. The Morgan fingerprint density at radius 3 is 2.94 bits per heavy atom. The van der Waals surface area contributed by atoms with E-state index in [-0.39, 0.29) is 0 Å². The van der Waals surface area contributed by atoms with Gasteiger partial charge in [0.05, 0.1) is 5.69 Å². The summed E-state index contributed by atoms with van der Waals surface area (Å²) >= 11 is 0. The van der Waals surface area contributed by atoms with Crippen LogP contribution in [0.4, 0.5) is 5.69 Å². The van der Waals surface area contributed by atoms with Crippen molar-refractivity contribution in [2.24, 2.45) is 0 Å². The number of fused-ring (bicyclic) bond motifs is 1. The van der Waals surface area contributed by atoms with E-state index in [0.29, 0.717) is 23.0 Å². The summed E-state index contributed by atoms with van der Waals surface area (Å²) in [6.45, 7) is 1.92. The van der Waals surface area contributed by atoms with Crippen molar-refractivity contribution in [3.8, 4) is 11.6 Å². The van der Waals surface area contributed by atoms with E-state index in [0.717, 1.165) is 5.56 Å². The minimum Gasteiger partial charge on any atom is -0.435 e. The van der Waals surface area contributed by atoms with Crippen LogP contribution in [0, 0.1) is 6.92 Å². The summed E-state index contributed by atoms with van der Waals surface area (Å²) in [6, 6.07) is 8.98. The number of aryl methyl sites for hydroxylation is 1. The Morgan fingerprint density at radius 2 is 2.11 bits per heavy atom. The zero-order chi connectivity index (χ0) is 12.5. The Bertz CT molecular complexity index is 687. The third-order valence-corrected chi connectivity index (χ3v) is 2.49. The van der Waals surface area contributed by atoms with Crippen LogP contribution in [-0.2, 0) is 0 Å². The minimum atomic E-state index is 0.385. The van der Waals surface area contributed by atoms with Gasteiger partial charge in [-0.3, -0.25) is 0 Å². The van der Waals surface area contributed by atoms with Crippen molar-refractivity contribution in [1.29, 1.82) is 0 Å². The maximum atomic E-state index is 5.86. The molecular formula is C11H10N6O. The molecule has 0 unspecified atom stereocenters. The van der Waals surface area contributed by atoms with Gasteiger partial charge in [0.15, 0.2) is 11.4 Å². The summed E-state index contributed by atoms with van der Waals surface area (Å²) < 4.78 is 6.96. The number of rotatable bonds is 2. The van der Waals surface area contributed by atoms with Crippen LogP contribution in [0.25, 0.3) is 5.65 Å². The van der Waals surface area contributed by atoms with Crippen molar-refractivity contribution >= 4 is 11.3 Å². The van der Waals surface area contributed by atoms with Gasteiger partial charge in [0.1, 0.15) is 0 Å². The number of para-hydroxylation sites is 1. The topological polar surface area (TPSA) is 91.2 Å². The second kappa shape index (κ2) is 3.95. The zero-order valence-electron chi connectivity index (χ0n) is 9.61.